The largest absolute Gasteiger partial charge is 0.497 e. The van der Waals surface area contributed by atoms with E-state index in [0.29, 0.717) is 11.2 Å². The first-order valence-electron chi connectivity index (χ1n) is 8.32. The lowest BCUT2D eigenvalue weighted by Gasteiger charge is -2.07. The van der Waals surface area contributed by atoms with Crippen LogP contribution in [0.1, 0.15) is 11.1 Å². The number of aromatic nitrogens is 2. The maximum atomic E-state index is 12.9. The fraction of sp³-hybridized carbons (Fsp3) is 0.143. The molecule has 0 unspecified atom stereocenters. The standard InChI is InChI=1S/C21H18N2O2S/c1-14-4-3-5-15(10-14)11-23-13-22-19-18(12-26-20(19)21(23)24)16-6-8-17(25-2)9-7-16/h3-10,12-13H,11H2,1-2H3. The van der Waals surface area contributed by atoms with Gasteiger partial charge in [0.1, 0.15) is 10.4 Å². The van der Waals surface area contributed by atoms with Crippen LogP contribution in [0.3, 0.4) is 0 Å². The van der Waals surface area contributed by atoms with Crippen LogP contribution >= 0.6 is 11.3 Å². The highest BCUT2D eigenvalue weighted by molar-refractivity contribution is 7.17. The Morgan fingerprint density at radius 2 is 1.96 bits per heavy atom. The van der Waals surface area contributed by atoms with Gasteiger partial charge in [0.05, 0.1) is 25.5 Å². The van der Waals surface area contributed by atoms with Gasteiger partial charge >= 0.3 is 0 Å². The molecular formula is C21H18N2O2S. The molecule has 26 heavy (non-hydrogen) atoms. The molecule has 0 aliphatic carbocycles. The number of rotatable bonds is 4. The quantitative estimate of drug-likeness (QED) is 0.537. The fourth-order valence-corrected chi connectivity index (χ4v) is 4.01. The summed E-state index contributed by atoms with van der Waals surface area (Å²) in [4.78, 5) is 17.5. The zero-order valence-corrected chi connectivity index (χ0v) is 15.4. The van der Waals surface area contributed by atoms with Crippen molar-refractivity contribution in [3.8, 4) is 16.9 Å². The van der Waals surface area contributed by atoms with Crippen LogP contribution in [0, 0.1) is 6.92 Å². The maximum absolute atomic E-state index is 12.9. The van der Waals surface area contributed by atoms with Crippen LogP contribution in [-0.4, -0.2) is 16.7 Å². The molecular weight excluding hydrogens is 344 g/mol. The van der Waals surface area contributed by atoms with Crippen LogP contribution in [0.15, 0.2) is 65.0 Å². The Balaban J connectivity index is 1.74. The molecule has 0 N–H and O–H groups in total. The summed E-state index contributed by atoms with van der Waals surface area (Å²) in [5.74, 6) is 0.807. The Morgan fingerprint density at radius 1 is 1.15 bits per heavy atom. The van der Waals surface area contributed by atoms with E-state index in [0.717, 1.165) is 28.0 Å². The van der Waals surface area contributed by atoms with E-state index in [2.05, 4.69) is 11.1 Å². The van der Waals surface area contributed by atoms with Crippen LogP contribution < -0.4 is 10.3 Å². The molecule has 0 amide bonds. The van der Waals surface area contributed by atoms with Gasteiger partial charge in [-0.2, -0.15) is 0 Å². The maximum Gasteiger partial charge on any atom is 0.271 e. The SMILES string of the molecule is COc1ccc(-c2csc3c(=O)n(Cc4cccc(C)c4)cnc23)cc1. The summed E-state index contributed by atoms with van der Waals surface area (Å²) >= 11 is 1.45. The normalized spacial score (nSPS) is 11.0. The number of aryl methyl sites for hydroxylation is 1. The molecule has 2 aromatic carbocycles. The van der Waals surface area contributed by atoms with Crippen molar-refractivity contribution in [2.75, 3.05) is 7.11 Å². The predicted octanol–water partition coefficient (Wildman–Crippen LogP) is 4.49. The molecule has 4 rings (SSSR count). The highest BCUT2D eigenvalue weighted by Gasteiger charge is 2.13. The van der Waals surface area contributed by atoms with Crippen LogP contribution in [0.5, 0.6) is 5.75 Å². The number of fused-ring (bicyclic) bond motifs is 1. The van der Waals surface area contributed by atoms with Crippen molar-refractivity contribution >= 4 is 21.6 Å². The minimum atomic E-state index is 0.00117. The minimum absolute atomic E-state index is 0.00117. The summed E-state index contributed by atoms with van der Waals surface area (Å²) in [5, 5.41) is 2.00. The Hall–Kier alpha value is -2.92. The third-order valence-electron chi connectivity index (χ3n) is 4.38. The fourth-order valence-electron chi connectivity index (χ4n) is 3.04. The van der Waals surface area contributed by atoms with Crippen LogP contribution in [0.2, 0.25) is 0 Å². The summed E-state index contributed by atoms with van der Waals surface area (Å²) in [6.45, 7) is 2.58. The number of ether oxygens (including phenoxy) is 1. The third-order valence-corrected chi connectivity index (χ3v) is 5.34. The Kier molecular flexibility index (Phi) is 4.31. The van der Waals surface area contributed by atoms with Gasteiger partial charge in [-0.3, -0.25) is 9.36 Å². The Labute approximate surface area is 155 Å². The highest BCUT2D eigenvalue weighted by atomic mass is 32.1. The van der Waals surface area contributed by atoms with Crippen LogP contribution in [0.25, 0.3) is 21.3 Å². The molecule has 0 saturated heterocycles. The first-order chi connectivity index (χ1) is 12.7. The molecule has 4 aromatic rings. The second-order valence-electron chi connectivity index (χ2n) is 6.22. The minimum Gasteiger partial charge on any atom is -0.497 e. The molecule has 0 aliphatic heterocycles. The summed E-state index contributed by atoms with van der Waals surface area (Å²) in [7, 11) is 1.65. The average molecular weight is 362 g/mol. The topological polar surface area (TPSA) is 44.1 Å². The molecule has 5 heteroatoms. The number of benzene rings is 2. The highest BCUT2D eigenvalue weighted by Crippen LogP contribution is 2.31. The van der Waals surface area contributed by atoms with E-state index < -0.39 is 0 Å². The van der Waals surface area contributed by atoms with Gasteiger partial charge in [-0.15, -0.1) is 11.3 Å². The van der Waals surface area contributed by atoms with Gasteiger partial charge in [0.2, 0.25) is 0 Å². The van der Waals surface area contributed by atoms with Crippen LogP contribution in [0.4, 0.5) is 0 Å². The summed E-state index contributed by atoms with van der Waals surface area (Å²) in [5.41, 5.74) is 5.04. The zero-order chi connectivity index (χ0) is 18.1. The van der Waals surface area contributed by atoms with Crippen molar-refractivity contribution < 1.29 is 4.74 Å². The van der Waals surface area contributed by atoms with E-state index in [1.165, 1.54) is 16.9 Å². The molecule has 0 bridgehead atoms. The summed E-state index contributed by atoms with van der Waals surface area (Å²) < 4.78 is 7.57. The lowest BCUT2D eigenvalue weighted by molar-refractivity contribution is 0.415. The van der Waals surface area contributed by atoms with E-state index in [4.69, 9.17) is 4.74 Å². The van der Waals surface area contributed by atoms with E-state index in [9.17, 15) is 4.79 Å². The molecule has 0 spiro atoms. The van der Waals surface area contributed by atoms with Gasteiger partial charge in [-0.05, 0) is 30.2 Å². The van der Waals surface area contributed by atoms with E-state index >= 15 is 0 Å². The van der Waals surface area contributed by atoms with Crippen molar-refractivity contribution in [3.63, 3.8) is 0 Å². The van der Waals surface area contributed by atoms with Crippen LogP contribution in [-0.2, 0) is 6.54 Å². The monoisotopic (exact) mass is 362 g/mol. The molecule has 0 atom stereocenters. The molecule has 0 aliphatic rings. The van der Waals surface area contributed by atoms with Crippen molar-refractivity contribution in [1.82, 2.24) is 9.55 Å². The van der Waals surface area contributed by atoms with Gasteiger partial charge in [-0.1, -0.05) is 42.0 Å². The molecule has 0 saturated carbocycles. The molecule has 0 fully saturated rings. The first-order valence-corrected chi connectivity index (χ1v) is 9.20. The van der Waals surface area contributed by atoms with Gasteiger partial charge in [0.15, 0.2) is 0 Å². The predicted molar refractivity (Wildman–Crippen MR) is 106 cm³/mol. The van der Waals surface area contributed by atoms with Gasteiger partial charge in [0, 0.05) is 10.9 Å². The van der Waals surface area contributed by atoms with Gasteiger partial charge < -0.3 is 4.74 Å². The van der Waals surface area contributed by atoms with Gasteiger partial charge in [-0.25, -0.2) is 4.98 Å². The zero-order valence-electron chi connectivity index (χ0n) is 14.6. The molecule has 130 valence electrons. The first kappa shape index (κ1) is 16.5. The van der Waals surface area contributed by atoms with E-state index in [1.54, 1.807) is 18.0 Å². The van der Waals surface area contributed by atoms with Crippen molar-refractivity contribution in [2.24, 2.45) is 0 Å². The molecule has 0 radical (unpaired) electrons. The molecule has 4 nitrogen and oxygen atoms in total. The lowest BCUT2D eigenvalue weighted by Crippen LogP contribution is -2.20. The number of thiophene rings is 1. The lowest BCUT2D eigenvalue weighted by atomic mass is 10.1. The number of hydrogen-bond donors (Lipinski definition) is 0. The van der Waals surface area contributed by atoms with E-state index in [-0.39, 0.29) is 5.56 Å². The summed E-state index contributed by atoms with van der Waals surface area (Å²) in [6.07, 6.45) is 1.65. The Morgan fingerprint density at radius 3 is 2.69 bits per heavy atom. The van der Waals surface area contributed by atoms with Crippen molar-refractivity contribution in [3.05, 3.63) is 81.7 Å². The van der Waals surface area contributed by atoms with E-state index in [1.807, 2.05) is 54.8 Å². The number of nitrogens with zero attached hydrogens (tertiary/aromatic N) is 2. The van der Waals surface area contributed by atoms with Gasteiger partial charge in [0.25, 0.3) is 5.56 Å². The summed E-state index contributed by atoms with van der Waals surface area (Å²) in [6, 6.07) is 16.0. The third kappa shape index (κ3) is 3.02. The second-order valence-corrected chi connectivity index (χ2v) is 7.10. The smallest absolute Gasteiger partial charge is 0.271 e. The Bertz CT molecular complexity index is 1130. The second kappa shape index (κ2) is 6.77. The van der Waals surface area contributed by atoms with Crippen molar-refractivity contribution in [2.45, 2.75) is 13.5 Å². The average Bonchev–Trinajstić information content (AvgIpc) is 3.09. The van der Waals surface area contributed by atoms with Crippen molar-refractivity contribution in [1.29, 1.82) is 0 Å². The number of methoxy groups -OCH3 is 1. The number of hydrogen-bond acceptors (Lipinski definition) is 4. The molecule has 2 aromatic heterocycles. The molecule has 2 heterocycles.